The first-order chi connectivity index (χ1) is 19.8. The summed E-state index contributed by atoms with van der Waals surface area (Å²) in [7, 11) is -2.86. The van der Waals surface area contributed by atoms with Crippen molar-refractivity contribution in [2.24, 2.45) is 5.92 Å². The third kappa shape index (κ3) is 7.59. The van der Waals surface area contributed by atoms with Gasteiger partial charge in [0.15, 0.2) is 0 Å². The molecule has 7 heteroatoms. The van der Waals surface area contributed by atoms with Crippen LogP contribution in [0.2, 0.25) is 0 Å². The van der Waals surface area contributed by atoms with Crippen molar-refractivity contribution in [2.45, 2.75) is 58.0 Å². The molecule has 1 atom stereocenters. The fourth-order valence-electron chi connectivity index (χ4n) is 5.80. The molecule has 216 valence electrons. The van der Waals surface area contributed by atoms with Crippen molar-refractivity contribution in [3.8, 4) is 22.6 Å². The van der Waals surface area contributed by atoms with Gasteiger partial charge in [0, 0.05) is 5.92 Å². The Morgan fingerprint density at radius 1 is 0.927 bits per heavy atom. The third-order valence-electron chi connectivity index (χ3n) is 8.13. The molecule has 0 bridgehead atoms. The van der Waals surface area contributed by atoms with Crippen LogP contribution in [0.3, 0.4) is 0 Å². The molecule has 0 saturated carbocycles. The summed E-state index contributed by atoms with van der Waals surface area (Å²) in [5, 5.41) is 9.22. The number of ether oxygens (including phenoxy) is 2. The molecule has 0 unspecified atom stereocenters. The highest BCUT2D eigenvalue weighted by Crippen LogP contribution is 2.36. The van der Waals surface area contributed by atoms with Crippen molar-refractivity contribution in [1.82, 2.24) is 0 Å². The molecule has 1 fully saturated rings. The van der Waals surface area contributed by atoms with Crippen molar-refractivity contribution in [2.75, 3.05) is 18.1 Å². The first kappa shape index (κ1) is 28.9. The first-order valence-electron chi connectivity index (χ1n) is 14.5. The van der Waals surface area contributed by atoms with Gasteiger partial charge in [0.2, 0.25) is 0 Å². The van der Waals surface area contributed by atoms with E-state index in [1.54, 1.807) is 0 Å². The van der Waals surface area contributed by atoms with Gasteiger partial charge in [-0.1, -0.05) is 42.5 Å². The van der Waals surface area contributed by atoms with E-state index in [1.807, 2.05) is 49.4 Å². The van der Waals surface area contributed by atoms with Gasteiger partial charge in [0.1, 0.15) is 27.9 Å². The topological polar surface area (TPSA) is 89.9 Å². The Balaban J connectivity index is 1.25. The molecule has 41 heavy (non-hydrogen) atoms. The first-order valence-corrected chi connectivity index (χ1v) is 16.3. The smallest absolute Gasteiger partial charge is 0.304 e. The number of hydrogen-bond donors (Lipinski definition) is 1. The third-order valence-corrected chi connectivity index (χ3v) is 9.84. The van der Waals surface area contributed by atoms with E-state index in [2.05, 4.69) is 30.3 Å². The summed E-state index contributed by atoms with van der Waals surface area (Å²) < 4.78 is 35.7. The average Bonchev–Trinajstić information content (AvgIpc) is 3.14. The lowest BCUT2D eigenvalue weighted by molar-refractivity contribution is -0.137. The van der Waals surface area contributed by atoms with Crippen LogP contribution in [0.1, 0.15) is 60.8 Å². The number of aliphatic carboxylic acids is 1. The van der Waals surface area contributed by atoms with E-state index in [0.717, 1.165) is 41.9 Å². The molecule has 1 aliphatic heterocycles. The lowest BCUT2D eigenvalue weighted by Gasteiger charge is -2.22. The molecule has 1 heterocycles. The van der Waals surface area contributed by atoms with Crippen molar-refractivity contribution in [3.63, 3.8) is 0 Å². The zero-order valence-corrected chi connectivity index (χ0v) is 24.4. The van der Waals surface area contributed by atoms with Crippen molar-refractivity contribution in [1.29, 1.82) is 0 Å². The molecule has 3 aromatic rings. The van der Waals surface area contributed by atoms with E-state index in [9.17, 15) is 18.3 Å². The molecule has 2 aliphatic rings. The molecule has 1 saturated heterocycles. The van der Waals surface area contributed by atoms with Crippen LogP contribution in [-0.4, -0.2) is 37.6 Å². The maximum Gasteiger partial charge on any atom is 0.304 e. The lowest BCUT2D eigenvalue weighted by Crippen LogP contribution is -2.26. The van der Waals surface area contributed by atoms with Crippen LogP contribution >= 0.6 is 0 Å². The minimum atomic E-state index is -2.86. The van der Waals surface area contributed by atoms with Crippen LogP contribution < -0.4 is 9.47 Å². The molecule has 6 nitrogen and oxygen atoms in total. The lowest BCUT2D eigenvalue weighted by atomic mass is 9.94. The van der Waals surface area contributed by atoms with Gasteiger partial charge < -0.3 is 14.6 Å². The largest absolute Gasteiger partial charge is 0.493 e. The number of carbonyl (C=O) groups is 1. The average molecular weight is 575 g/mol. The van der Waals surface area contributed by atoms with Gasteiger partial charge in [-0.05, 0) is 109 Å². The number of carboxylic acid groups (broad SMARTS) is 1. The normalized spacial score (nSPS) is 17.3. The highest BCUT2D eigenvalue weighted by atomic mass is 32.2. The highest BCUT2D eigenvalue weighted by Gasteiger charge is 2.24. The number of carboxylic acids is 1. The van der Waals surface area contributed by atoms with E-state index in [0.29, 0.717) is 26.1 Å². The molecule has 0 aromatic heterocycles. The van der Waals surface area contributed by atoms with Crippen LogP contribution in [0.5, 0.6) is 11.5 Å². The van der Waals surface area contributed by atoms with E-state index in [4.69, 9.17) is 9.47 Å². The molecular weight excluding hydrogens is 536 g/mol. The minimum absolute atomic E-state index is 0.0572. The van der Waals surface area contributed by atoms with Crippen molar-refractivity contribution < 1.29 is 27.8 Å². The molecule has 1 N–H and O–H groups in total. The number of aryl methyl sites for hydroxylation is 2. The molecule has 0 amide bonds. The monoisotopic (exact) mass is 574 g/mol. The van der Waals surface area contributed by atoms with Crippen LogP contribution in [-0.2, 0) is 34.1 Å². The summed E-state index contributed by atoms with van der Waals surface area (Å²) in [5.74, 6) is 1.44. The van der Waals surface area contributed by atoms with Crippen LogP contribution in [0.25, 0.3) is 11.1 Å². The Hall–Kier alpha value is -3.58. The Kier molecular flexibility index (Phi) is 9.13. The summed E-state index contributed by atoms with van der Waals surface area (Å²) in [6.07, 6.45) is 8.28. The van der Waals surface area contributed by atoms with Gasteiger partial charge in [0.05, 0.1) is 24.5 Å². The summed E-state index contributed by atoms with van der Waals surface area (Å²) in [5.41, 5.74) is 7.12. The molecule has 0 radical (unpaired) electrons. The second-order valence-electron chi connectivity index (χ2n) is 11.2. The molecule has 1 aliphatic carbocycles. The maximum atomic E-state index is 11.7. The van der Waals surface area contributed by atoms with Gasteiger partial charge in [-0.15, -0.1) is 0 Å². The summed E-state index contributed by atoms with van der Waals surface area (Å²) in [6.45, 7) is 2.89. The van der Waals surface area contributed by atoms with Gasteiger partial charge in [0.25, 0.3) is 0 Å². The SMILES string of the molecule is C/C=C\[C@@H](CC(=O)O)c1ccc(OCc2ccc3c(c2)-c2ccc(OCC4CCS(=O)(=O)CC4)cc2CCC3)cc1. The number of fused-ring (bicyclic) bond motifs is 3. The van der Waals surface area contributed by atoms with Gasteiger partial charge in [-0.25, -0.2) is 8.42 Å². The van der Waals surface area contributed by atoms with E-state index < -0.39 is 15.8 Å². The molecular formula is C34H38O6S. The van der Waals surface area contributed by atoms with E-state index in [-0.39, 0.29) is 29.8 Å². The van der Waals surface area contributed by atoms with Crippen LogP contribution in [0.15, 0.2) is 72.8 Å². The Labute approximate surface area is 242 Å². The zero-order valence-electron chi connectivity index (χ0n) is 23.6. The number of allylic oxidation sites excluding steroid dienone is 2. The molecule has 0 spiro atoms. The second kappa shape index (κ2) is 12.9. The van der Waals surface area contributed by atoms with E-state index >= 15 is 0 Å². The Morgan fingerprint density at radius 3 is 2.39 bits per heavy atom. The fraction of sp³-hybridized carbons (Fsp3) is 0.382. The van der Waals surface area contributed by atoms with Crippen LogP contribution in [0.4, 0.5) is 0 Å². The predicted octanol–water partition coefficient (Wildman–Crippen LogP) is 6.76. The minimum Gasteiger partial charge on any atom is -0.493 e. The summed E-state index contributed by atoms with van der Waals surface area (Å²) in [4.78, 5) is 11.2. The standard InChI is InChI=1S/C34H38O6S/c1-2-4-28(21-34(35)36)26-9-11-30(12-10-26)39-23-25-7-8-27-5-3-6-29-20-31(13-14-32(29)33(27)19-25)40-22-24-15-17-41(37,38)18-16-24/h2,4,7-14,19-20,24,28H,3,5-6,15-18,21-23H2,1H3,(H,35,36)/b4-2-/t28-/m0/s1. The van der Waals surface area contributed by atoms with Crippen LogP contribution in [0, 0.1) is 5.92 Å². The summed E-state index contributed by atoms with van der Waals surface area (Å²) >= 11 is 0. The van der Waals surface area contributed by atoms with Crippen molar-refractivity contribution in [3.05, 3.63) is 95.1 Å². The fourth-order valence-corrected chi connectivity index (χ4v) is 7.38. The molecule has 3 aromatic carbocycles. The highest BCUT2D eigenvalue weighted by molar-refractivity contribution is 7.91. The Morgan fingerprint density at radius 2 is 1.66 bits per heavy atom. The van der Waals surface area contributed by atoms with Gasteiger partial charge in [-0.2, -0.15) is 0 Å². The summed E-state index contributed by atoms with van der Waals surface area (Å²) in [6, 6.07) is 20.6. The van der Waals surface area contributed by atoms with Crippen molar-refractivity contribution >= 4 is 15.8 Å². The Bertz CT molecular complexity index is 1490. The number of rotatable bonds is 10. The molecule has 5 rings (SSSR count). The number of benzene rings is 3. The van der Waals surface area contributed by atoms with E-state index in [1.165, 1.54) is 22.3 Å². The predicted molar refractivity (Wildman–Crippen MR) is 161 cm³/mol. The maximum absolute atomic E-state index is 11.7. The zero-order chi connectivity index (χ0) is 28.8. The van der Waals surface area contributed by atoms with Gasteiger partial charge in [-0.3, -0.25) is 4.79 Å². The second-order valence-corrected chi connectivity index (χ2v) is 13.5. The number of hydrogen-bond acceptors (Lipinski definition) is 5. The quantitative estimate of drug-likeness (QED) is 0.269. The van der Waals surface area contributed by atoms with Gasteiger partial charge >= 0.3 is 5.97 Å². The number of sulfone groups is 1.